The van der Waals surface area contributed by atoms with E-state index in [1.165, 1.54) is 0 Å². The molecule has 18 heavy (non-hydrogen) atoms. The molecule has 1 aliphatic rings. The average Bonchev–Trinajstić information content (AvgIpc) is 2.38. The van der Waals surface area contributed by atoms with Gasteiger partial charge in [0.2, 0.25) is 0 Å². The second-order valence-corrected chi connectivity index (χ2v) is 4.90. The Hall–Kier alpha value is -1.26. The molecular weight excluding hydrogens is 228 g/mol. The van der Waals surface area contributed by atoms with Crippen molar-refractivity contribution in [1.82, 2.24) is 0 Å². The van der Waals surface area contributed by atoms with Gasteiger partial charge in [-0.05, 0) is 31.9 Å². The molecule has 0 radical (unpaired) electrons. The molecule has 1 aliphatic heterocycles. The third-order valence-electron chi connectivity index (χ3n) is 3.52. The molecular formula is C14H22N2O2. The normalized spacial score (nSPS) is 18.8. The average molecular weight is 250 g/mol. The van der Waals surface area contributed by atoms with E-state index in [0.717, 1.165) is 42.9 Å². The lowest BCUT2D eigenvalue weighted by Gasteiger charge is -2.34. The predicted molar refractivity (Wildman–Crippen MR) is 73.1 cm³/mol. The Kier molecular flexibility index (Phi) is 4.09. The molecule has 0 amide bonds. The minimum absolute atomic E-state index is 0.0667. The van der Waals surface area contributed by atoms with Crippen LogP contribution in [0.2, 0.25) is 0 Å². The van der Waals surface area contributed by atoms with Crippen molar-refractivity contribution in [2.24, 2.45) is 5.73 Å². The van der Waals surface area contributed by atoms with Crippen molar-refractivity contribution in [3.8, 4) is 5.75 Å². The van der Waals surface area contributed by atoms with E-state index < -0.39 is 0 Å². The van der Waals surface area contributed by atoms with E-state index in [1.54, 1.807) is 7.11 Å². The number of nitrogens with two attached hydrogens (primary N) is 1. The van der Waals surface area contributed by atoms with Crippen molar-refractivity contribution in [1.29, 1.82) is 0 Å². The van der Waals surface area contributed by atoms with Crippen molar-refractivity contribution in [3.63, 3.8) is 0 Å². The summed E-state index contributed by atoms with van der Waals surface area (Å²) < 4.78 is 5.40. The molecule has 0 saturated carbocycles. The maximum absolute atomic E-state index is 9.58. The Morgan fingerprint density at radius 3 is 2.61 bits per heavy atom. The summed E-state index contributed by atoms with van der Waals surface area (Å²) in [5.74, 6) is 0.841. The number of hydrogen-bond acceptors (Lipinski definition) is 4. The number of benzene rings is 1. The first-order chi connectivity index (χ1) is 8.63. The topological polar surface area (TPSA) is 58.7 Å². The predicted octanol–water partition coefficient (Wildman–Crippen LogP) is 1.68. The Labute approximate surface area is 108 Å². The van der Waals surface area contributed by atoms with Gasteiger partial charge < -0.3 is 20.5 Å². The maximum Gasteiger partial charge on any atom is 0.125 e. The Morgan fingerprint density at radius 1 is 1.39 bits per heavy atom. The van der Waals surface area contributed by atoms with Gasteiger partial charge in [-0.1, -0.05) is 6.07 Å². The van der Waals surface area contributed by atoms with Crippen LogP contribution in [-0.2, 0) is 0 Å². The van der Waals surface area contributed by atoms with Crippen LogP contribution in [0.1, 0.15) is 31.4 Å². The van der Waals surface area contributed by atoms with Crippen LogP contribution < -0.4 is 15.4 Å². The van der Waals surface area contributed by atoms with Gasteiger partial charge in [-0.3, -0.25) is 0 Å². The second kappa shape index (κ2) is 5.59. The van der Waals surface area contributed by atoms with Crippen molar-refractivity contribution >= 4 is 5.69 Å². The summed E-state index contributed by atoms with van der Waals surface area (Å²) >= 11 is 0. The van der Waals surface area contributed by atoms with Gasteiger partial charge in [0.15, 0.2) is 0 Å². The number of hydrogen-bond donors (Lipinski definition) is 2. The number of piperidine rings is 1. The number of aliphatic hydroxyl groups excluding tert-OH is 1. The second-order valence-electron chi connectivity index (χ2n) is 4.90. The molecule has 1 atom stereocenters. The quantitative estimate of drug-likeness (QED) is 0.857. The molecule has 0 spiro atoms. The smallest absolute Gasteiger partial charge is 0.125 e. The molecule has 3 N–H and O–H groups in total. The monoisotopic (exact) mass is 250 g/mol. The van der Waals surface area contributed by atoms with Gasteiger partial charge in [0.05, 0.1) is 13.2 Å². The summed E-state index contributed by atoms with van der Waals surface area (Å²) in [4.78, 5) is 2.29. The lowest BCUT2D eigenvalue weighted by molar-refractivity contribution is 0.145. The molecule has 1 aromatic rings. The Balaban J connectivity index is 2.32. The van der Waals surface area contributed by atoms with Crippen LogP contribution in [0.15, 0.2) is 18.2 Å². The van der Waals surface area contributed by atoms with Crippen LogP contribution in [0.5, 0.6) is 5.75 Å². The molecule has 2 rings (SSSR count). The van der Waals surface area contributed by atoms with Gasteiger partial charge in [0, 0.05) is 30.4 Å². The standard InChI is InChI=1S/C14H22N2O2/c1-10(15)14-12(4-3-5-13(14)18-2)16-8-6-11(17)7-9-16/h3-5,10-11,17H,6-9,15H2,1-2H3. The molecule has 1 unspecified atom stereocenters. The number of rotatable bonds is 3. The molecule has 1 heterocycles. The van der Waals surface area contributed by atoms with E-state index in [2.05, 4.69) is 11.0 Å². The lowest BCUT2D eigenvalue weighted by Crippen LogP contribution is -2.36. The molecule has 0 aliphatic carbocycles. The minimum Gasteiger partial charge on any atom is -0.496 e. The molecule has 100 valence electrons. The summed E-state index contributed by atoms with van der Waals surface area (Å²) in [6, 6.07) is 5.95. The van der Waals surface area contributed by atoms with Crippen LogP contribution in [0.4, 0.5) is 5.69 Å². The van der Waals surface area contributed by atoms with E-state index in [4.69, 9.17) is 10.5 Å². The van der Waals surface area contributed by atoms with Gasteiger partial charge in [-0.2, -0.15) is 0 Å². The molecule has 1 fully saturated rings. The zero-order valence-electron chi connectivity index (χ0n) is 11.1. The number of ether oxygens (including phenoxy) is 1. The van der Waals surface area contributed by atoms with E-state index in [1.807, 2.05) is 19.1 Å². The number of aliphatic hydroxyl groups is 1. The lowest BCUT2D eigenvalue weighted by atomic mass is 10.0. The first kappa shape index (κ1) is 13.2. The highest BCUT2D eigenvalue weighted by Crippen LogP contribution is 2.34. The van der Waals surface area contributed by atoms with Gasteiger partial charge in [-0.25, -0.2) is 0 Å². The van der Waals surface area contributed by atoms with Crippen LogP contribution in [0, 0.1) is 0 Å². The molecule has 0 aromatic heterocycles. The van der Waals surface area contributed by atoms with Crippen LogP contribution in [0.25, 0.3) is 0 Å². The van der Waals surface area contributed by atoms with Crippen molar-refractivity contribution < 1.29 is 9.84 Å². The van der Waals surface area contributed by atoms with E-state index in [9.17, 15) is 5.11 Å². The Bertz CT molecular complexity index is 399. The van der Waals surface area contributed by atoms with Crippen LogP contribution in [0.3, 0.4) is 0 Å². The van der Waals surface area contributed by atoms with Crippen molar-refractivity contribution in [2.75, 3.05) is 25.1 Å². The Morgan fingerprint density at radius 2 is 2.06 bits per heavy atom. The van der Waals surface area contributed by atoms with E-state index >= 15 is 0 Å². The highest BCUT2D eigenvalue weighted by Gasteiger charge is 2.22. The van der Waals surface area contributed by atoms with Gasteiger partial charge >= 0.3 is 0 Å². The van der Waals surface area contributed by atoms with Gasteiger partial charge in [0.25, 0.3) is 0 Å². The fourth-order valence-electron chi connectivity index (χ4n) is 2.55. The van der Waals surface area contributed by atoms with E-state index in [-0.39, 0.29) is 12.1 Å². The summed E-state index contributed by atoms with van der Waals surface area (Å²) in [5.41, 5.74) is 8.26. The van der Waals surface area contributed by atoms with Gasteiger partial charge in [-0.15, -0.1) is 0 Å². The third kappa shape index (κ3) is 2.60. The fraction of sp³-hybridized carbons (Fsp3) is 0.571. The molecule has 1 aromatic carbocycles. The van der Waals surface area contributed by atoms with Crippen molar-refractivity contribution in [2.45, 2.75) is 31.9 Å². The van der Waals surface area contributed by atoms with Crippen molar-refractivity contribution in [3.05, 3.63) is 23.8 Å². The zero-order valence-corrected chi connectivity index (χ0v) is 11.1. The fourth-order valence-corrected chi connectivity index (χ4v) is 2.55. The minimum atomic E-state index is -0.161. The summed E-state index contributed by atoms with van der Waals surface area (Å²) in [7, 11) is 1.67. The number of methoxy groups -OCH3 is 1. The number of anilines is 1. The van der Waals surface area contributed by atoms with E-state index in [0.29, 0.717) is 0 Å². The van der Waals surface area contributed by atoms with Crippen LogP contribution >= 0.6 is 0 Å². The SMILES string of the molecule is COc1cccc(N2CCC(O)CC2)c1C(C)N. The molecule has 0 bridgehead atoms. The highest BCUT2D eigenvalue weighted by molar-refractivity contribution is 5.61. The van der Waals surface area contributed by atoms with Crippen LogP contribution in [-0.4, -0.2) is 31.4 Å². The summed E-state index contributed by atoms with van der Waals surface area (Å²) in [5, 5.41) is 9.58. The zero-order chi connectivity index (χ0) is 13.1. The maximum atomic E-state index is 9.58. The largest absolute Gasteiger partial charge is 0.496 e. The first-order valence-corrected chi connectivity index (χ1v) is 6.49. The molecule has 4 heteroatoms. The highest BCUT2D eigenvalue weighted by atomic mass is 16.5. The third-order valence-corrected chi connectivity index (χ3v) is 3.52. The molecule has 4 nitrogen and oxygen atoms in total. The molecule has 1 saturated heterocycles. The first-order valence-electron chi connectivity index (χ1n) is 6.49. The summed E-state index contributed by atoms with van der Waals surface area (Å²) in [6.07, 6.45) is 1.47. The van der Waals surface area contributed by atoms with Gasteiger partial charge in [0.1, 0.15) is 5.75 Å². The number of nitrogens with zero attached hydrogens (tertiary/aromatic N) is 1. The summed E-state index contributed by atoms with van der Waals surface area (Å²) in [6.45, 7) is 3.71.